The summed E-state index contributed by atoms with van der Waals surface area (Å²) in [6.07, 6.45) is -1.88. The lowest BCUT2D eigenvalue weighted by molar-refractivity contribution is -0.124. The molecule has 1 unspecified atom stereocenters. The minimum absolute atomic E-state index is 0.0122. The molecule has 1 aromatic heterocycles. The van der Waals surface area contributed by atoms with Crippen LogP contribution in [0.1, 0.15) is 11.4 Å². The molecule has 0 bridgehead atoms. The maximum atomic E-state index is 11.9. The van der Waals surface area contributed by atoms with Crippen molar-refractivity contribution in [1.29, 1.82) is 0 Å². The minimum Gasteiger partial charge on any atom is -0.347 e. The zero-order valence-electron chi connectivity index (χ0n) is 8.56. The molecule has 2 rings (SSSR count). The Morgan fingerprint density at radius 1 is 1.50 bits per heavy atom. The molecule has 1 atom stereocenters. The fraction of sp³-hybridized carbons (Fsp3) is 0.667. The average Bonchev–Trinajstić information content (AvgIpc) is 2.62. The van der Waals surface area contributed by atoms with E-state index in [0.29, 0.717) is 19.5 Å². The molecule has 0 saturated heterocycles. The van der Waals surface area contributed by atoms with Gasteiger partial charge in [0.2, 0.25) is 0 Å². The molecule has 0 aliphatic carbocycles. The summed E-state index contributed by atoms with van der Waals surface area (Å²) < 4.78 is 35.7. The normalized spacial score (nSPS) is 20.8. The fourth-order valence-electron chi connectivity index (χ4n) is 1.76. The van der Waals surface area contributed by atoms with E-state index in [0.717, 1.165) is 11.4 Å². The van der Waals surface area contributed by atoms with Gasteiger partial charge >= 0.3 is 6.18 Å². The lowest BCUT2D eigenvalue weighted by Gasteiger charge is -2.23. The third-order valence-corrected chi connectivity index (χ3v) is 2.53. The summed E-state index contributed by atoms with van der Waals surface area (Å²) in [5.74, 6) is 0. The fourth-order valence-corrected chi connectivity index (χ4v) is 1.76. The zero-order chi connectivity index (χ0) is 11.6. The van der Waals surface area contributed by atoms with Gasteiger partial charge in [-0.25, -0.2) is 4.98 Å². The SMILES string of the molecule is FC(F)(F)CNCC1Cc2nc[nH]c2CN1. The van der Waals surface area contributed by atoms with Gasteiger partial charge < -0.3 is 15.6 Å². The number of aromatic amines is 1. The van der Waals surface area contributed by atoms with E-state index in [1.165, 1.54) is 0 Å². The second kappa shape index (κ2) is 4.42. The molecule has 2 heterocycles. The summed E-state index contributed by atoms with van der Waals surface area (Å²) in [5, 5.41) is 5.54. The number of hydrogen-bond donors (Lipinski definition) is 3. The van der Waals surface area contributed by atoms with E-state index < -0.39 is 12.7 Å². The molecule has 16 heavy (non-hydrogen) atoms. The van der Waals surface area contributed by atoms with Gasteiger partial charge in [-0.3, -0.25) is 0 Å². The number of H-pyrrole nitrogens is 1. The first-order valence-electron chi connectivity index (χ1n) is 5.06. The monoisotopic (exact) mass is 234 g/mol. The molecule has 1 aromatic rings. The second-order valence-electron chi connectivity index (χ2n) is 3.86. The van der Waals surface area contributed by atoms with Crippen LogP contribution in [0.15, 0.2) is 6.33 Å². The highest BCUT2D eigenvalue weighted by molar-refractivity contribution is 5.15. The molecule has 0 spiro atoms. The van der Waals surface area contributed by atoms with Gasteiger partial charge in [0.1, 0.15) is 0 Å². The van der Waals surface area contributed by atoms with Gasteiger partial charge in [0, 0.05) is 25.6 Å². The minimum atomic E-state index is -4.15. The van der Waals surface area contributed by atoms with E-state index >= 15 is 0 Å². The van der Waals surface area contributed by atoms with E-state index in [1.54, 1.807) is 6.33 Å². The number of imidazole rings is 1. The Kier molecular flexibility index (Phi) is 3.15. The van der Waals surface area contributed by atoms with Gasteiger partial charge in [-0.15, -0.1) is 0 Å². The number of nitrogens with zero attached hydrogens (tertiary/aromatic N) is 1. The molecule has 1 aliphatic rings. The quantitative estimate of drug-likeness (QED) is 0.717. The summed E-state index contributed by atoms with van der Waals surface area (Å²) >= 11 is 0. The third-order valence-electron chi connectivity index (χ3n) is 2.53. The average molecular weight is 234 g/mol. The smallest absolute Gasteiger partial charge is 0.347 e. The van der Waals surface area contributed by atoms with Crippen molar-refractivity contribution in [3.05, 3.63) is 17.7 Å². The van der Waals surface area contributed by atoms with Crippen LogP contribution >= 0.6 is 0 Å². The van der Waals surface area contributed by atoms with Crippen LogP contribution in [0.5, 0.6) is 0 Å². The highest BCUT2D eigenvalue weighted by Crippen LogP contribution is 2.14. The molecule has 0 amide bonds. The highest BCUT2D eigenvalue weighted by Gasteiger charge is 2.27. The first-order chi connectivity index (χ1) is 7.54. The number of rotatable bonds is 3. The van der Waals surface area contributed by atoms with E-state index in [1.807, 2.05) is 0 Å². The van der Waals surface area contributed by atoms with Crippen molar-refractivity contribution >= 4 is 0 Å². The van der Waals surface area contributed by atoms with Crippen LogP contribution in [0.3, 0.4) is 0 Å². The first kappa shape index (κ1) is 11.4. The van der Waals surface area contributed by atoms with Crippen molar-refractivity contribution in [1.82, 2.24) is 20.6 Å². The molecule has 0 aromatic carbocycles. The first-order valence-corrected chi connectivity index (χ1v) is 5.06. The third kappa shape index (κ3) is 2.96. The van der Waals surface area contributed by atoms with Crippen molar-refractivity contribution < 1.29 is 13.2 Å². The molecule has 1 aliphatic heterocycles. The Morgan fingerprint density at radius 3 is 3.06 bits per heavy atom. The summed E-state index contributed by atoms with van der Waals surface area (Å²) in [6, 6.07) is 0.0122. The molecule has 90 valence electrons. The topological polar surface area (TPSA) is 52.7 Å². The Bertz CT molecular complexity index is 347. The highest BCUT2D eigenvalue weighted by atomic mass is 19.4. The van der Waals surface area contributed by atoms with Gasteiger partial charge in [-0.05, 0) is 0 Å². The van der Waals surface area contributed by atoms with Crippen molar-refractivity contribution in [2.24, 2.45) is 0 Å². The van der Waals surface area contributed by atoms with Crippen molar-refractivity contribution in [2.75, 3.05) is 13.1 Å². The summed E-state index contributed by atoms with van der Waals surface area (Å²) in [4.78, 5) is 7.10. The maximum Gasteiger partial charge on any atom is 0.401 e. The number of hydrogen-bond acceptors (Lipinski definition) is 3. The predicted molar refractivity (Wildman–Crippen MR) is 51.8 cm³/mol. The van der Waals surface area contributed by atoms with Crippen LogP contribution < -0.4 is 10.6 Å². The van der Waals surface area contributed by atoms with Crippen molar-refractivity contribution in [2.45, 2.75) is 25.2 Å². The van der Waals surface area contributed by atoms with Gasteiger partial charge in [0.25, 0.3) is 0 Å². The Morgan fingerprint density at radius 2 is 2.31 bits per heavy atom. The van der Waals surface area contributed by atoms with Crippen LogP contribution in [0.2, 0.25) is 0 Å². The summed E-state index contributed by atoms with van der Waals surface area (Å²) in [6.45, 7) is -0.0158. The predicted octanol–water partition coefficient (Wildman–Crippen LogP) is 0.576. The summed E-state index contributed by atoms with van der Waals surface area (Å²) in [7, 11) is 0. The van der Waals surface area contributed by atoms with Crippen LogP contribution in [0.4, 0.5) is 13.2 Å². The van der Waals surface area contributed by atoms with Crippen molar-refractivity contribution in [3.63, 3.8) is 0 Å². The lowest BCUT2D eigenvalue weighted by atomic mass is 10.1. The molecular weight excluding hydrogens is 221 g/mol. The number of fused-ring (bicyclic) bond motifs is 1. The van der Waals surface area contributed by atoms with Gasteiger partial charge in [-0.1, -0.05) is 0 Å². The largest absolute Gasteiger partial charge is 0.401 e. The lowest BCUT2D eigenvalue weighted by Crippen LogP contribution is -2.45. The van der Waals surface area contributed by atoms with E-state index in [2.05, 4.69) is 20.6 Å². The number of halogens is 3. The molecule has 7 heteroatoms. The van der Waals surface area contributed by atoms with Crippen LogP contribution in [-0.4, -0.2) is 35.3 Å². The van der Waals surface area contributed by atoms with Crippen LogP contribution in [-0.2, 0) is 13.0 Å². The van der Waals surface area contributed by atoms with E-state index in [9.17, 15) is 13.2 Å². The number of alkyl halides is 3. The Hall–Kier alpha value is -1.08. The van der Waals surface area contributed by atoms with E-state index in [4.69, 9.17) is 0 Å². The second-order valence-corrected chi connectivity index (χ2v) is 3.86. The Balaban J connectivity index is 1.77. The summed E-state index contributed by atoms with van der Waals surface area (Å²) in [5.41, 5.74) is 1.96. The molecule has 4 nitrogen and oxygen atoms in total. The molecule has 0 fully saturated rings. The molecule has 3 N–H and O–H groups in total. The molecule has 0 radical (unpaired) electrons. The van der Waals surface area contributed by atoms with Gasteiger partial charge in [0.15, 0.2) is 0 Å². The molecule has 0 saturated carbocycles. The standard InChI is InChI=1S/C9H13F3N4/c10-9(11,12)4-13-2-6-1-7-8(3-14-6)16-5-15-7/h5-6,13-14H,1-4H2,(H,15,16). The van der Waals surface area contributed by atoms with Crippen LogP contribution in [0, 0.1) is 0 Å². The Labute approximate surface area is 90.6 Å². The number of nitrogens with one attached hydrogen (secondary N) is 3. The van der Waals surface area contributed by atoms with Crippen molar-refractivity contribution in [3.8, 4) is 0 Å². The zero-order valence-corrected chi connectivity index (χ0v) is 8.56. The van der Waals surface area contributed by atoms with Crippen LogP contribution in [0.25, 0.3) is 0 Å². The van der Waals surface area contributed by atoms with Gasteiger partial charge in [0.05, 0.1) is 24.3 Å². The van der Waals surface area contributed by atoms with E-state index in [-0.39, 0.29) is 6.04 Å². The van der Waals surface area contributed by atoms with Gasteiger partial charge in [-0.2, -0.15) is 13.2 Å². The maximum absolute atomic E-state index is 11.9. The number of aromatic nitrogens is 2. The molecular formula is C9H13F3N4.